The van der Waals surface area contributed by atoms with Gasteiger partial charge in [-0.2, -0.15) is 0 Å². The summed E-state index contributed by atoms with van der Waals surface area (Å²) in [5.41, 5.74) is 0.956. The third-order valence-electron chi connectivity index (χ3n) is 7.65. The van der Waals surface area contributed by atoms with Crippen LogP contribution >= 0.6 is 15.9 Å². The third-order valence-corrected chi connectivity index (χ3v) is 8.44. The van der Waals surface area contributed by atoms with E-state index in [9.17, 15) is 9.59 Å². The Kier molecular flexibility index (Phi) is 9.47. The minimum Gasteiger partial charge on any atom is -0.497 e. The smallest absolute Gasteiger partial charge is 0.266 e. The molecule has 0 radical (unpaired) electrons. The minimum atomic E-state index is -0.418. The topological polar surface area (TPSA) is 73.7 Å². The van der Waals surface area contributed by atoms with Crippen molar-refractivity contribution >= 4 is 32.7 Å². The number of carbonyl (C=O) groups excluding carboxylic acids is 1. The van der Waals surface area contributed by atoms with Gasteiger partial charge in [-0.05, 0) is 53.7 Å². The van der Waals surface area contributed by atoms with Gasteiger partial charge in [0.2, 0.25) is 5.91 Å². The molecular formula is C30H38BrN3O4. The van der Waals surface area contributed by atoms with Crippen LogP contribution in [-0.4, -0.2) is 41.1 Å². The number of unbranched alkanes of at least 4 members (excludes halogenated alkanes) is 1. The standard InChI is InChI=1S/C30H38BrN3O4/c1-5-6-17-33(27(35)16-15-21-11-7-8-12-21)20(2)29-32-24-14-10-9-13-23(24)30(36)34(29)25-18-22(37-3)19-26(38-4)28(25)31/h9-10,13-14,18-21H,5-8,11-12,15-17H2,1-4H3. The molecule has 1 fully saturated rings. The van der Waals surface area contributed by atoms with Crippen molar-refractivity contribution in [3.63, 3.8) is 0 Å². The first-order valence-corrected chi connectivity index (χ1v) is 14.4. The van der Waals surface area contributed by atoms with Crippen molar-refractivity contribution in [3.05, 3.63) is 57.0 Å². The molecule has 0 bridgehead atoms. The number of benzene rings is 2. The minimum absolute atomic E-state index is 0.120. The van der Waals surface area contributed by atoms with Crippen LogP contribution in [0.4, 0.5) is 0 Å². The normalized spacial score (nSPS) is 14.6. The van der Waals surface area contributed by atoms with E-state index < -0.39 is 6.04 Å². The summed E-state index contributed by atoms with van der Waals surface area (Å²) in [6.45, 7) is 4.71. The van der Waals surface area contributed by atoms with Gasteiger partial charge in [0.25, 0.3) is 5.56 Å². The molecule has 0 aliphatic heterocycles. The molecule has 0 spiro atoms. The number of aromatic nitrogens is 2. The molecule has 7 nitrogen and oxygen atoms in total. The first kappa shape index (κ1) is 28.1. The van der Waals surface area contributed by atoms with Crippen LogP contribution in [0.2, 0.25) is 0 Å². The van der Waals surface area contributed by atoms with Gasteiger partial charge in [0.05, 0.1) is 41.3 Å². The van der Waals surface area contributed by atoms with E-state index in [1.165, 1.54) is 25.7 Å². The van der Waals surface area contributed by atoms with E-state index in [1.807, 2.05) is 30.0 Å². The maximum absolute atomic E-state index is 14.0. The summed E-state index contributed by atoms with van der Waals surface area (Å²) in [7, 11) is 3.15. The van der Waals surface area contributed by atoms with E-state index in [2.05, 4.69) is 22.9 Å². The average Bonchev–Trinajstić information content (AvgIpc) is 3.46. The number of rotatable bonds is 11. The van der Waals surface area contributed by atoms with Gasteiger partial charge in [0.1, 0.15) is 17.3 Å². The average molecular weight is 585 g/mol. The predicted molar refractivity (Wildman–Crippen MR) is 154 cm³/mol. The van der Waals surface area contributed by atoms with Crippen LogP contribution in [0.3, 0.4) is 0 Å². The van der Waals surface area contributed by atoms with Crippen LogP contribution < -0.4 is 15.0 Å². The quantitative estimate of drug-likeness (QED) is 0.247. The zero-order chi connectivity index (χ0) is 27.2. The molecule has 3 aromatic rings. The van der Waals surface area contributed by atoms with Gasteiger partial charge in [-0.1, -0.05) is 51.2 Å². The van der Waals surface area contributed by atoms with Gasteiger partial charge in [-0.25, -0.2) is 4.98 Å². The fourth-order valence-electron chi connectivity index (χ4n) is 5.42. The van der Waals surface area contributed by atoms with Crippen molar-refractivity contribution in [1.29, 1.82) is 0 Å². The van der Waals surface area contributed by atoms with E-state index in [0.717, 1.165) is 19.3 Å². The summed E-state index contributed by atoms with van der Waals surface area (Å²) < 4.78 is 13.3. The monoisotopic (exact) mass is 583 g/mol. The Hall–Kier alpha value is -2.87. The van der Waals surface area contributed by atoms with E-state index in [1.54, 1.807) is 37.0 Å². The number of fused-ring (bicyclic) bond motifs is 1. The summed E-state index contributed by atoms with van der Waals surface area (Å²) in [6, 6.07) is 10.5. The lowest BCUT2D eigenvalue weighted by molar-refractivity contribution is -0.134. The second kappa shape index (κ2) is 12.8. The van der Waals surface area contributed by atoms with Crippen molar-refractivity contribution in [2.45, 2.75) is 71.3 Å². The summed E-state index contributed by atoms with van der Waals surface area (Å²) in [5, 5.41) is 0.504. The van der Waals surface area contributed by atoms with Crippen LogP contribution in [0, 0.1) is 5.92 Å². The van der Waals surface area contributed by atoms with Crippen molar-refractivity contribution in [3.8, 4) is 17.2 Å². The van der Waals surface area contributed by atoms with Crippen LogP contribution in [-0.2, 0) is 4.79 Å². The predicted octanol–water partition coefficient (Wildman–Crippen LogP) is 6.83. The Bertz CT molecular complexity index is 1330. The Morgan fingerprint density at radius 3 is 2.61 bits per heavy atom. The van der Waals surface area contributed by atoms with Crippen LogP contribution in [0.1, 0.15) is 77.1 Å². The highest BCUT2D eigenvalue weighted by Gasteiger charge is 2.28. The molecule has 1 unspecified atom stereocenters. The van der Waals surface area contributed by atoms with Gasteiger partial charge in [0, 0.05) is 25.1 Å². The van der Waals surface area contributed by atoms with Crippen molar-refractivity contribution in [2.75, 3.05) is 20.8 Å². The number of amides is 1. The highest BCUT2D eigenvalue weighted by atomic mass is 79.9. The number of para-hydroxylation sites is 1. The van der Waals surface area contributed by atoms with Crippen LogP contribution in [0.5, 0.6) is 11.5 Å². The number of hydrogen-bond acceptors (Lipinski definition) is 5. The largest absolute Gasteiger partial charge is 0.497 e. The number of ether oxygens (including phenoxy) is 2. The lowest BCUT2D eigenvalue weighted by Gasteiger charge is -2.31. The molecule has 204 valence electrons. The Morgan fingerprint density at radius 2 is 1.92 bits per heavy atom. The van der Waals surface area contributed by atoms with Crippen molar-refractivity contribution < 1.29 is 14.3 Å². The van der Waals surface area contributed by atoms with Gasteiger partial charge < -0.3 is 14.4 Å². The third kappa shape index (κ3) is 5.90. The number of nitrogens with zero attached hydrogens (tertiary/aromatic N) is 3. The fourth-order valence-corrected chi connectivity index (χ4v) is 5.99. The molecule has 38 heavy (non-hydrogen) atoms. The maximum atomic E-state index is 14.0. The van der Waals surface area contributed by atoms with Crippen LogP contribution in [0.25, 0.3) is 16.6 Å². The number of halogens is 1. The molecule has 8 heteroatoms. The molecule has 1 saturated carbocycles. The number of methoxy groups -OCH3 is 2. The Labute approximate surface area is 233 Å². The molecule has 0 N–H and O–H groups in total. The molecule has 4 rings (SSSR count). The molecule has 1 aromatic heterocycles. The summed E-state index contributed by atoms with van der Waals surface area (Å²) >= 11 is 3.64. The Balaban J connectivity index is 1.85. The molecular weight excluding hydrogens is 546 g/mol. The van der Waals surface area contributed by atoms with Crippen LogP contribution in [0.15, 0.2) is 45.7 Å². The zero-order valence-electron chi connectivity index (χ0n) is 22.8. The van der Waals surface area contributed by atoms with Crippen molar-refractivity contribution in [1.82, 2.24) is 14.5 Å². The van der Waals surface area contributed by atoms with Crippen molar-refractivity contribution in [2.24, 2.45) is 5.92 Å². The summed E-state index contributed by atoms with van der Waals surface area (Å²) in [4.78, 5) is 34.6. The highest BCUT2D eigenvalue weighted by molar-refractivity contribution is 9.10. The molecule has 1 aliphatic rings. The Morgan fingerprint density at radius 1 is 1.18 bits per heavy atom. The second-order valence-corrected chi connectivity index (χ2v) is 10.9. The maximum Gasteiger partial charge on any atom is 0.266 e. The molecule has 1 aliphatic carbocycles. The van der Waals surface area contributed by atoms with Gasteiger partial charge in [0.15, 0.2) is 0 Å². The van der Waals surface area contributed by atoms with Gasteiger partial charge in [-0.15, -0.1) is 0 Å². The van der Waals surface area contributed by atoms with Gasteiger partial charge >= 0.3 is 0 Å². The second-order valence-electron chi connectivity index (χ2n) is 10.1. The number of carbonyl (C=O) groups is 1. The van der Waals surface area contributed by atoms with E-state index >= 15 is 0 Å². The van der Waals surface area contributed by atoms with E-state index in [0.29, 0.717) is 57.3 Å². The lowest BCUT2D eigenvalue weighted by atomic mass is 10.0. The number of hydrogen-bond donors (Lipinski definition) is 0. The molecule has 0 saturated heterocycles. The molecule has 2 aromatic carbocycles. The molecule has 1 amide bonds. The zero-order valence-corrected chi connectivity index (χ0v) is 24.4. The van der Waals surface area contributed by atoms with E-state index in [-0.39, 0.29) is 11.5 Å². The lowest BCUT2D eigenvalue weighted by Crippen LogP contribution is -2.38. The van der Waals surface area contributed by atoms with E-state index in [4.69, 9.17) is 14.5 Å². The SMILES string of the molecule is CCCCN(C(=O)CCC1CCCC1)C(C)c1nc2ccccc2c(=O)n1-c1cc(OC)cc(OC)c1Br. The first-order chi connectivity index (χ1) is 18.4. The molecule has 1 atom stereocenters. The van der Waals surface area contributed by atoms with Gasteiger partial charge in [-0.3, -0.25) is 14.2 Å². The summed E-state index contributed by atoms with van der Waals surface area (Å²) in [6.07, 6.45) is 8.26. The fraction of sp³-hybridized carbons (Fsp3) is 0.500. The molecule has 1 heterocycles. The summed E-state index contributed by atoms with van der Waals surface area (Å²) in [5.74, 6) is 2.35. The highest BCUT2D eigenvalue weighted by Crippen LogP contribution is 2.37. The first-order valence-electron chi connectivity index (χ1n) is 13.6.